The van der Waals surface area contributed by atoms with Crippen LogP contribution in [-0.4, -0.2) is 43.6 Å². The van der Waals surface area contributed by atoms with Gasteiger partial charge in [0.25, 0.3) is 5.91 Å². The number of fused-ring (bicyclic) bond motifs is 1. The zero-order valence-corrected chi connectivity index (χ0v) is 17.4. The molecule has 2 aromatic rings. The molecule has 2 fully saturated rings. The van der Waals surface area contributed by atoms with Crippen LogP contribution in [0.1, 0.15) is 31.4 Å². The average Bonchev–Trinajstić information content (AvgIpc) is 3.28. The molecule has 2 saturated heterocycles. The number of hydrogen-bond acceptors (Lipinski definition) is 6. The summed E-state index contributed by atoms with van der Waals surface area (Å²) in [5.74, 6) is 0.124. The SMILES string of the molecule is CCCCN1C(=O)C2ON(c3ccccc3)C(c3ccc(OC)cc3OC)C2C1=O. The average molecular weight is 410 g/mol. The van der Waals surface area contributed by atoms with E-state index in [1.54, 1.807) is 25.3 Å². The lowest BCUT2D eigenvalue weighted by molar-refractivity contribution is -0.143. The number of likely N-dealkylation sites (tertiary alicyclic amines) is 1. The number of hydrogen-bond donors (Lipinski definition) is 0. The first-order valence-electron chi connectivity index (χ1n) is 10.2. The van der Waals surface area contributed by atoms with Crippen LogP contribution in [0.5, 0.6) is 11.5 Å². The Kier molecular flexibility index (Phi) is 5.63. The number of nitrogens with zero attached hydrogens (tertiary/aromatic N) is 2. The van der Waals surface area contributed by atoms with Crippen molar-refractivity contribution in [2.24, 2.45) is 5.92 Å². The summed E-state index contributed by atoms with van der Waals surface area (Å²) in [5, 5.41) is 1.67. The van der Waals surface area contributed by atoms with Crippen molar-refractivity contribution in [2.75, 3.05) is 25.8 Å². The molecule has 30 heavy (non-hydrogen) atoms. The minimum Gasteiger partial charge on any atom is -0.497 e. The van der Waals surface area contributed by atoms with Gasteiger partial charge < -0.3 is 9.47 Å². The molecule has 0 aliphatic carbocycles. The van der Waals surface area contributed by atoms with E-state index in [-0.39, 0.29) is 11.8 Å². The van der Waals surface area contributed by atoms with Crippen molar-refractivity contribution >= 4 is 17.5 Å². The van der Waals surface area contributed by atoms with Crippen molar-refractivity contribution in [3.05, 3.63) is 54.1 Å². The highest BCUT2D eigenvalue weighted by Crippen LogP contribution is 2.49. The fourth-order valence-corrected chi connectivity index (χ4v) is 4.19. The largest absolute Gasteiger partial charge is 0.497 e. The molecule has 4 rings (SSSR count). The number of imide groups is 1. The zero-order valence-electron chi connectivity index (χ0n) is 17.4. The Balaban J connectivity index is 1.79. The summed E-state index contributed by atoms with van der Waals surface area (Å²) in [5.41, 5.74) is 1.55. The quantitative estimate of drug-likeness (QED) is 0.652. The number of hydroxylamine groups is 1. The summed E-state index contributed by atoms with van der Waals surface area (Å²) in [6.45, 7) is 2.45. The van der Waals surface area contributed by atoms with Gasteiger partial charge in [-0.25, -0.2) is 5.06 Å². The van der Waals surface area contributed by atoms with Crippen molar-refractivity contribution in [2.45, 2.75) is 31.9 Å². The summed E-state index contributed by atoms with van der Waals surface area (Å²) in [6.07, 6.45) is 0.834. The second-order valence-corrected chi connectivity index (χ2v) is 7.45. The molecular weight excluding hydrogens is 384 g/mol. The number of rotatable bonds is 7. The minimum atomic E-state index is -0.841. The van der Waals surface area contributed by atoms with Crippen LogP contribution in [0.2, 0.25) is 0 Å². The number of methoxy groups -OCH3 is 2. The lowest BCUT2D eigenvalue weighted by Gasteiger charge is -2.29. The minimum absolute atomic E-state index is 0.195. The molecule has 0 radical (unpaired) electrons. The van der Waals surface area contributed by atoms with Crippen molar-refractivity contribution < 1.29 is 23.9 Å². The molecule has 0 bridgehead atoms. The van der Waals surface area contributed by atoms with Crippen LogP contribution in [-0.2, 0) is 14.4 Å². The normalized spacial score (nSPS) is 23.1. The van der Waals surface area contributed by atoms with Gasteiger partial charge in [0.2, 0.25) is 5.91 Å². The molecule has 2 amide bonds. The van der Waals surface area contributed by atoms with E-state index in [0.717, 1.165) is 24.1 Å². The molecule has 7 nitrogen and oxygen atoms in total. The first-order valence-corrected chi connectivity index (χ1v) is 10.2. The number of amides is 2. The second-order valence-electron chi connectivity index (χ2n) is 7.45. The monoisotopic (exact) mass is 410 g/mol. The Bertz CT molecular complexity index is 932. The third-order valence-corrected chi connectivity index (χ3v) is 5.71. The van der Waals surface area contributed by atoms with Gasteiger partial charge in [0.1, 0.15) is 17.4 Å². The molecule has 7 heteroatoms. The van der Waals surface area contributed by atoms with Crippen LogP contribution in [0, 0.1) is 5.92 Å². The van der Waals surface area contributed by atoms with E-state index in [4.69, 9.17) is 14.3 Å². The maximum Gasteiger partial charge on any atom is 0.261 e. The van der Waals surface area contributed by atoms with Crippen LogP contribution in [0.15, 0.2) is 48.5 Å². The molecule has 3 unspecified atom stereocenters. The van der Waals surface area contributed by atoms with E-state index in [2.05, 4.69) is 0 Å². The highest BCUT2D eigenvalue weighted by molar-refractivity contribution is 6.07. The Morgan fingerprint density at radius 1 is 1.00 bits per heavy atom. The number of carbonyl (C=O) groups excluding carboxylic acids is 2. The van der Waals surface area contributed by atoms with E-state index in [1.807, 2.05) is 49.4 Å². The molecule has 0 spiro atoms. The number of para-hydroxylation sites is 1. The van der Waals surface area contributed by atoms with Gasteiger partial charge >= 0.3 is 0 Å². The number of benzene rings is 2. The van der Waals surface area contributed by atoms with Gasteiger partial charge in [-0.3, -0.25) is 19.3 Å². The standard InChI is InChI=1S/C23H26N2O5/c1-4-5-13-24-22(26)19-20(17-12-11-16(28-2)14-18(17)29-3)25(30-21(19)23(24)27)15-9-7-6-8-10-15/h6-12,14,19-21H,4-5,13H2,1-3H3. The molecule has 0 saturated carbocycles. The number of carbonyl (C=O) groups is 2. The lowest BCUT2D eigenvalue weighted by atomic mass is 9.90. The lowest BCUT2D eigenvalue weighted by Crippen LogP contribution is -2.37. The van der Waals surface area contributed by atoms with E-state index >= 15 is 0 Å². The van der Waals surface area contributed by atoms with Crippen LogP contribution >= 0.6 is 0 Å². The topological polar surface area (TPSA) is 68.3 Å². The number of anilines is 1. The Morgan fingerprint density at radius 2 is 1.77 bits per heavy atom. The first kappa shape index (κ1) is 20.2. The molecular formula is C23H26N2O5. The maximum absolute atomic E-state index is 13.3. The summed E-state index contributed by atoms with van der Waals surface area (Å²) in [7, 11) is 3.16. The highest BCUT2D eigenvalue weighted by Gasteiger charge is 2.60. The smallest absolute Gasteiger partial charge is 0.261 e. The van der Waals surface area contributed by atoms with Gasteiger partial charge in [-0.2, -0.15) is 0 Å². The van der Waals surface area contributed by atoms with Gasteiger partial charge in [0, 0.05) is 18.2 Å². The van der Waals surface area contributed by atoms with Crippen molar-refractivity contribution in [3.63, 3.8) is 0 Å². The Hall–Kier alpha value is -3.06. The first-order chi connectivity index (χ1) is 14.6. The Labute approximate surface area is 176 Å². The second kappa shape index (κ2) is 8.36. The number of ether oxygens (including phenoxy) is 2. The maximum atomic E-state index is 13.3. The molecule has 2 aliphatic rings. The van der Waals surface area contributed by atoms with Crippen molar-refractivity contribution in [1.82, 2.24) is 4.90 Å². The highest BCUT2D eigenvalue weighted by atomic mass is 16.7. The molecule has 0 aromatic heterocycles. The van der Waals surface area contributed by atoms with Crippen LogP contribution in [0.25, 0.3) is 0 Å². The van der Waals surface area contributed by atoms with E-state index < -0.39 is 18.1 Å². The van der Waals surface area contributed by atoms with Gasteiger partial charge in [-0.15, -0.1) is 0 Å². The van der Waals surface area contributed by atoms with E-state index in [1.165, 1.54) is 4.90 Å². The number of unbranched alkanes of at least 4 members (excludes halogenated alkanes) is 1. The predicted molar refractivity (Wildman–Crippen MR) is 111 cm³/mol. The van der Waals surface area contributed by atoms with Gasteiger partial charge in [0.05, 0.1) is 25.9 Å². The van der Waals surface area contributed by atoms with E-state index in [0.29, 0.717) is 18.0 Å². The van der Waals surface area contributed by atoms with Gasteiger partial charge in [-0.1, -0.05) is 31.5 Å². The van der Waals surface area contributed by atoms with Crippen LogP contribution in [0.3, 0.4) is 0 Å². The Morgan fingerprint density at radius 3 is 2.43 bits per heavy atom. The van der Waals surface area contributed by atoms with E-state index in [9.17, 15) is 9.59 Å². The molecule has 2 aliphatic heterocycles. The molecule has 158 valence electrons. The third kappa shape index (κ3) is 3.29. The van der Waals surface area contributed by atoms with Gasteiger partial charge in [-0.05, 0) is 30.7 Å². The molecule has 2 aromatic carbocycles. The van der Waals surface area contributed by atoms with Crippen molar-refractivity contribution in [1.29, 1.82) is 0 Å². The summed E-state index contributed by atoms with van der Waals surface area (Å²) >= 11 is 0. The summed E-state index contributed by atoms with van der Waals surface area (Å²) in [4.78, 5) is 33.8. The molecule has 2 heterocycles. The van der Waals surface area contributed by atoms with Gasteiger partial charge in [0.15, 0.2) is 6.10 Å². The fraction of sp³-hybridized carbons (Fsp3) is 0.391. The summed E-state index contributed by atoms with van der Waals surface area (Å²) in [6, 6.07) is 14.5. The predicted octanol–water partition coefficient (Wildman–Crippen LogP) is 3.35. The van der Waals surface area contributed by atoms with Crippen LogP contribution < -0.4 is 14.5 Å². The summed E-state index contributed by atoms with van der Waals surface area (Å²) < 4.78 is 10.9. The van der Waals surface area contributed by atoms with Crippen molar-refractivity contribution in [3.8, 4) is 11.5 Å². The fourth-order valence-electron chi connectivity index (χ4n) is 4.19. The van der Waals surface area contributed by atoms with Crippen LogP contribution in [0.4, 0.5) is 5.69 Å². The zero-order chi connectivity index (χ0) is 21.3. The molecule has 3 atom stereocenters. The molecule has 0 N–H and O–H groups in total. The third-order valence-electron chi connectivity index (χ3n) is 5.71.